The molecule has 7 aromatic carbocycles. The normalized spacial score (nSPS) is 26.4. The second kappa shape index (κ2) is 38.2. The van der Waals surface area contributed by atoms with E-state index in [0.717, 1.165) is 71.8 Å². The molecule has 14 rings (SSSR count). The number of carbonyl (C=O) groups is 8. The molecule has 7 amide bonds. The van der Waals surface area contributed by atoms with Crippen LogP contribution in [0, 0.1) is 5.92 Å². The molecule has 11 bridgehead atoms. The summed E-state index contributed by atoms with van der Waals surface area (Å²) in [5.41, 5.74) is 9.86. The highest BCUT2D eigenvalue weighted by Crippen LogP contribution is 2.50. The predicted molar refractivity (Wildman–Crippen MR) is 435 cm³/mol. The third-order valence-electron chi connectivity index (χ3n) is 21.1. The number of nitrogens with two attached hydrogens (primary N) is 2. The highest BCUT2D eigenvalue weighted by Gasteiger charge is 2.52. The van der Waals surface area contributed by atoms with E-state index in [-0.39, 0.29) is 65.1 Å². The van der Waals surface area contributed by atoms with Crippen molar-refractivity contribution in [3.8, 4) is 62.9 Å². The quantitative estimate of drug-likeness (QED) is 0.0315. The smallest absolute Gasteiger partial charge is 0.333 e. The lowest BCUT2D eigenvalue weighted by molar-refractivity contribution is -0.331. The summed E-state index contributed by atoms with van der Waals surface area (Å²) < 4.78 is 51.3. The van der Waals surface area contributed by atoms with Gasteiger partial charge in [-0.25, -0.2) is 4.79 Å². The van der Waals surface area contributed by atoms with E-state index in [4.69, 9.17) is 95.8 Å². The maximum atomic E-state index is 16.3. The molecule has 0 spiro atoms. The molecule has 18 atom stereocenters. The molecule has 7 aliphatic rings. The first-order valence-electron chi connectivity index (χ1n) is 38.3. The summed E-state index contributed by atoms with van der Waals surface area (Å²) in [6.07, 6.45) is -16.9. The van der Waals surface area contributed by atoms with Gasteiger partial charge in [-0.05, 0) is 145 Å². The molecule has 9 unspecified atom stereocenters. The summed E-state index contributed by atoms with van der Waals surface area (Å²) in [4.78, 5) is 120. The van der Waals surface area contributed by atoms with Gasteiger partial charge in [0.1, 0.15) is 108 Å². The van der Waals surface area contributed by atoms with E-state index < -0.39 is 238 Å². The molecule has 7 heterocycles. The Morgan fingerprint density at radius 1 is 0.678 bits per heavy atom. The van der Waals surface area contributed by atoms with E-state index in [2.05, 4.69) is 49.1 Å². The first-order valence-corrected chi connectivity index (χ1v) is 39.8. The van der Waals surface area contributed by atoms with Gasteiger partial charge in [0.05, 0.1) is 44.8 Å². The second-order valence-electron chi connectivity index (χ2n) is 30.3. The Balaban J connectivity index is 1.02. The van der Waals surface area contributed by atoms with Crippen LogP contribution in [0.2, 0.25) is 20.1 Å². The van der Waals surface area contributed by atoms with Crippen molar-refractivity contribution in [2.24, 2.45) is 17.4 Å². The number of aromatic hydroxyl groups is 3. The van der Waals surface area contributed by atoms with Gasteiger partial charge in [-0.15, -0.1) is 0 Å². The third kappa shape index (κ3) is 20.3. The fourth-order valence-electron chi connectivity index (χ4n) is 14.7. The van der Waals surface area contributed by atoms with Gasteiger partial charge in [-0.2, -0.15) is 0 Å². The summed E-state index contributed by atoms with van der Waals surface area (Å²) >= 11 is 26.7. The van der Waals surface area contributed by atoms with Crippen molar-refractivity contribution in [1.82, 2.24) is 42.5 Å². The summed E-state index contributed by atoms with van der Waals surface area (Å²) in [6.45, 7) is 9.91. The molecule has 0 aliphatic carbocycles. The van der Waals surface area contributed by atoms with Crippen LogP contribution in [0.25, 0.3) is 11.1 Å². The minimum atomic E-state index is -2.35. The van der Waals surface area contributed by atoms with Gasteiger partial charge in [-0.3, -0.25) is 33.6 Å². The number of aliphatic hydroxyl groups excluding tert-OH is 5. The molecule has 121 heavy (non-hydrogen) atoms. The number of amides is 7. The Morgan fingerprint density at radius 3 is 1.94 bits per heavy atom. The van der Waals surface area contributed by atoms with E-state index in [1.54, 1.807) is 44.2 Å². The zero-order valence-electron chi connectivity index (χ0n) is 65.4. The maximum Gasteiger partial charge on any atom is 0.333 e. The predicted octanol–water partition coefficient (Wildman–Crippen LogP) is 5.43. The van der Waals surface area contributed by atoms with Crippen molar-refractivity contribution in [3.63, 3.8) is 0 Å². The number of benzene rings is 7. The molecule has 7 aromatic rings. The van der Waals surface area contributed by atoms with Crippen LogP contribution in [0.4, 0.5) is 0 Å². The van der Waals surface area contributed by atoms with Crippen molar-refractivity contribution in [1.29, 1.82) is 0 Å². The molecule has 2 saturated heterocycles. The number of rotatable bonds is 21. The van der Waals surface area contributed by atoms with Gasteiger partial charge >= 0.3 is 5.97 Å². The van der Waals surface area contributed by atoms with Crippen molar-refractivity contribution < 1.29 is 117 Å². The highest BCUT2D eigenvalue weighted by molar-refractivity contribution is 6.42. The number of primary amides is 1. The zero-order valence-corrected chi connectivity index (χ0v) is 68.5. The Bertz CT molecular complexity index is 5110. The van der Waals surface area contributed by atoms with Crippen LogP contribution in [-0.2, 0) is 70.5 Å². The average Bonchev–Trinajstić information content (AvgIpc) is 0.762. The first-order chi connectivity index (χ1) is 57.5. The van der Waals surface area contributed by atoms with Gasteiger partial charge in [0.15, 0.2) is 29.9 Å². The summed E-state index contributed by atoms with van der Waals surface area (Å²) in [5.74, 6) is -14.5. The molecule has 0 radical (unpaired) electrons. The number of aliphatic hydroxyl groups is 5. The lowest BCUT2D eigenvalue weighted by Crippen LogP contribution is -2.65. The molecule has 7 aliphatic heterocycles. The number of halogens is 4. The lowest BCUT2D eigenvalue weighted by atomic mass is 9.84. The number of hydrogen-bond acceptors (Lipinski definition) is 27. The maximum absolute atomic E-state index is 16.3. The van der Waals surface area contributed by atoms with E-state index in [9.17, 15) is 55.2 Å². The molecule has 20 N–H and O–H groups in total. The number of ether oxygens (including phenoxy) is 8. The molecular formula is C83H90Cl4N10O24. The van der Waals surface area contributed by atoms with Gasteiger partial charge in [0.2, 0.25) is 53.4 Å². The number of hydrogen-bond donors (Lipinski definition) is 18. The van der Waals surface area contributed by atoms with Crippen LogP contribution in [0.5, 0.6) is 51.7 Å². The minimum absolute atomic E-state index is 0.105. The number of carbonyl (C=O) groups excluding carboxylic acids is 8. The fourth-order valence-corrected chi connectivity index (χ4v) is 15.5. The number of likely N-dealkylation sites (N-methyl/N-ethyl adjacent to an activating group) is 1. The van der Waals surface area contributed by atoms with Crippen LogP contribution >= 0.6 is 46.4 Å². The van der Waals surface area contributed by atoms with E-state index in [1.807, 2.05) is 26.0 Å². The van der Waals surface area contributed by atoms with Crippen LogP contribution in [0.15, 0.2) is 134 Å². The van der Waals surface area contributed by atoms with Gasteiger partial charge in [0, 0.05) is 47.8 Å². The van der Waals surface area contributed by atoms with Gasteiger partial charge < -0.3 is 133 Å². The zero-order chi connectivity index (χ0) is 87.3. The topological polar surface area (TPSA) is 521 Å². The van der Waals surface area contributed by atoms with Gasteiger partial charge in [0.25, 0.3) is 0 Å². The Kier molecular flexibility index (Phi) is 28.3. The summed E-state index contributed by atoms with van der Waals surface area (Å²) in [6, 6.07) is 12.4. The van der Waals surface area contributed by atoms with Crippen molar-refractivity contribution in [2.75, 3.05) is 20.2 Å². The molecule has 0 saturated carbocycles. The lowest BCUT2D eigenvalue weighted by Gasteiger charge is -2.48. The molecule has 2 fully saturated rings. The van der Waals surface area contributed by atoms with Crippen LogP contribution < -0.4 is 72.9 Å². The van der Waals surface area contributed by atoms with Crippen molar-refractivity contribution in [2.45, 2.75) is 169 Å². The fraction of sp³-hybridized carbons (Fsp3) is 0.373. The first kappa shape index (κ1) is 89.6. The Morgan fingerprint density at radius 2 is 1.31 bits per heavy atom. The molecule has 644 valence electrons. The summed E-state index contributed by atoms with van der Waals surface area (Å²) in [5, 5.41) is 117. The largest absolute Gasteiger partial charge is 0.508 e. The summed E-state index contributed by atoms with van der Waals surface area (Å²) in [7, 11) is 1.48. The average molecular weight is 1750 g/mol. The second-order valence-corrected chi connectivity index (χ2v) is 31.9. The van der Waals surface area contributed by atoms with Crippen LogP contribution in [0.1, 0.15) is 116 Å². The van der Waals surface area contributed by atoms with E-state index >= 15 is 24.0 Å². The number of fused-ring (bicyclic) bond motifs is 15. The van der Waals surface area contributed by atoms with Crippen LogP contribution in [0.3, 0.4) is 0 Å². The third-order valence-corrected chi connectivity index (χ3v) is 22.5. The number of phenols is 3. The molecule has 34 nitrogen and oxygen atoms in total. The number of nitrogens with one attached hydrogen (secondary N) is 8. The van der Waals surface area contributed by atoms with Crippen molar-refractivity contribution in [3.05, 3.63) is 193 Å². The highest BCUT2D eigenvalue weighted by atomic mass is 35.5. The SMILES string of the molecule is C=CCOC(=O)[C@@H]1NC(=O)[C@H]2NC(=O)[C@H](NC(=O)[C@@H]3NC(=O)[C@H](CC(N)=O)NC(=O)[C@H](NC(=O)[C@@H](CC(C)C)NC)[C@H](O)c4ccc(c(Cl)c4)Oc4cc3cc(c4OC3OC(CN)C(O)C(O)C3OC3CC(C)(NCc4ccc(OCc5ccc(Cl)c(Cl)c5)cc4)C(O)C(C)O3)Oc3ccc(cc3Cl)[C@H]2O)c2ccc(O)c(c2)-c2c(O)cc(O)cc21. The van der Waals surface area contributed by atoms with E-state index in [1.165, 1.54) is 31.3 Å². The molecule has 38 heteroatoms. The Labute approximate surface area is 712 Å². The van der Waals surface area contributed by atoms with Crippen LogP contribution in [-0.4, -0.2) is 187 Å². The Hall–Kier alpha value is -10.6. The van der Waals surface area contributed by atoms with Gasteiger partial charge in [-0.1, -0.05) is 109 Å². The minimum Gasteiger partial charge on any atom is -0.508 e. The van der Waals surface area contributed by atoms with E-state index in [0.29, 0.717) is 15.8 Å². The van der Waals surface area contributed by atoms with Crippen molar-refractivity contribution >= 4 is 93.7 Å². The monoisotopic (exact) mass is 1750 g/mol. The number of esters is 1. The number of phenolic OH excluding ortho intramolecular Hbond substituents is 3. The molecular weight excluding hydrogens is 1660 g/mol. The standard InChI is InChI=1S/C83H90Cl4N10O24/c1-7-20-114-81(113)65-46-28-43(98)29-54(100)62(46)45-23-39(11-17-53(45)99)63-77(109)97-67(80(112)95-65)69(103)41-13-19-56(50(87)25-41)118-58-27-42-26-57(117-55-18-12-40(24-49(55)86)68(102)66(96-75(107)51(90-6)21-35(2)3)79(111)92-52(30-60(89)101)76(108)93-64(42)78(110)94-63)72(58)121-82-73(71(105)70(104)59(32-88)119-82)120-61-31-83(5,74(106)36(4)116-61)91-33-37-8-14-44(15-9-37)115-34-38-10-16-47(84)48(85)22-38/h7-19,22-29,35-36,51-52,59,61,63-71,73-74,82,90-91,98-100,102-106H,1,20-21,30-34,88H2,2-6H3,(H2,89,101)(H,92,111)(H,93,108)(H,94,110)(H,95,112)(H,96,107)(H,97,109)/t36?,51-,52+,59?,61?,63-,64-,65-,66-,67+,68-,69-,70?,71?,73?,74?,82?,83?/m1/s1. The molecule has 0 aromatic heterocycles.